The summed E-state index contributed by atoms with van der Waals surface area (Å²) in [6, 6.07) is 1.68. The Kier molecular flexibility index (Phi) is 6.45. The number of H-pyrrole nitrogens is 1. The highest BCUT2D eigenvalue weighted by Gasteiger charge is 2.34. The molecule has 28 heavy (non-hydrogen) atoms. The first-order valence-corrected chi connectivity index (χ1v) is 9.53. The lowest BCUT2D eigenvalue weighted by molar-refractivity contribution is -0.129. The largest absolute Gasteiger partial charge is 0.379 e. The zero-order valence-corrected chi connectivity index (χ0v) is 16.6. The van der Waals surface area contributed by atoms with Crippen LogP contribution in [-0.4, -0.2) is 51.0 Å². The summed E-state index contributed by atoms with van der Waals surface area (Å²) in [6.45, 7) is 2.45. The number of hydrogen-bond donors (Lipinski definition) is 3. The molecule has 0 aliphatic heterocycles. The van der Waals surface area contributed by atoms with Gasteiger partial charge in [-0.1, -0.05) is 0 Å². The van der Waals surface area contributed by atoms with Gasteiger partial charge in [-0.2, -0.15) is 10.2 Å². The molecule has 2 heterocycles. The van der Waals surface area contributed by atoms with Crippen LogP contribution in [0.25, 0.3) is 0 Å². The van der Waals surface area contributed by atoms with Gasteiger partial charge in [-0.3, -0.25) is 19.4 Å². The molecular weight excluding hydrogens is 360 g/mol. The molecule has 1 saturated carbocycles. The van der Waals surface area contributed by atoms with Crippen LogP contribution in [0.15, 0.2) is 18.5 Å². The molecule has 0 unspecified atom stereocenters. The molecule has 3 atom stereocenters. The molecule has 1 aliphatic rings. The third kappa shape index (κ3) is 4.78. The minimum absolute atomic E-state index is 0.0209. The number of aromatic amines is 1. The second-order valence-corrected chi connectivity index (χ2v) is 7.31. The van der Waals surface area contributed by atoms with E-state index in [2.05, 4.69) is 25.9 Å². The lowest BCUT2D eigenvalue weighted by atomic mass is 9.83. The van der Waals surface area contributed by atoms with Gasteiger partial charge in [0.15, 0.2) is 0 Å². The Labute approximate surface area is 164 Å². The maximum Gasteiger partial charge on any atom is 0.226 e. The van der Waals surface area contributed by atoms with Crippen molar-refractivity contribution in [1.82, 2.24) is 30.6 Å². The molecule has 0 radical (unpaired) electrons. The van der Waals surface area contributed by atoms with E-state index in [1.54, 1.807) is 30.3 Å². The van der Waals surface area contributed by atoms with E-state index in [9.17, 15) is 9.59 Å². The van der Waals surface area contributed by atoms with Gasteiger partial charge in [0, 0.05) is 49.8 Å². The standard InChI is InChI=1S/C19H28N6O3/c1-12-14(11-22-25(12)2)10-20-19(27)13-4-5-16(17(8-13)28-3)23-18(26)9-15-6-7-21-24-15/h6-7,11,13,16-17H,4-5,8-10H2,1-3H3,(H,20,27)(H,21,24)(H,23,26)/t13-,16+,17+/m0/s1. The molecule has 2 aromatic heterocycles. The molecule has 9 nitrogen and oxygen atoms in total. The number of methoxy groups -OCH3 is 1. The molecule has 3 N–H and O–H groups in total. The SMILES string of the molecule is CO[C@@H]1C[C@@H](C(=O)NCc2cnn(C)c2C)CC[C@H]1NC(=O)Cc1ccn[nH]1. The number of aromatic nitrogens is 4. The number of ether oxygens (including phenoxy) is 1. The number of amides is 2. The van der Waals surface area contributed by atoms with Gasteiger partial charge >= 0.3 is 0 Å². The fourth-order valence-electron chi connectivity index (χ4n) is 3.65. The quantitative estimate of drug-likeness (QED) is 0.643. The summed E-state index contributed by atoms with van der Waals surface area (Å²) in [5.41, 5.74) is 2.82. The second-order valence-electron chi connectivity index (χ2n) is 7.31. The van der Waals surface area contributed by atoms with Crippen LogP contribution in [0.5, 0.6) is 0 Å². The summed E-state index contributed by atoms with van der Waals surface area (Å²) in [5.74, 6) is -0.179. The maximum atomic E-state index is 12.6. The summed E-state index contributed by atoms with van der Waals surface area (Å²) < 4.78 is 7.37. The van der Waals surface area contributed by atoms with Gasteiger partial charge in [0.1, 0.15) is 0 Å². The zero-order valence-electron chi connectivity index (χ0n) is 16.6. The Morgan fingerprint density at radius 2 is 2.21 bits per heavy atom. The molecular formula is C19H28N6O3. The van der Waals surface area contributed by atoms with Gasteiger partial charge in [0.25, 0.3) is 0 Å². The fourth-order valence-corrected chi connectivity index (χ4v) is 3.65. The van der Waals surface area contributed by atoms with Crippen molar-refractivity contribution in [1.29, 1.82) is 0 Å². The fraction of sp³-hybridized carbons (Fsp3) is 0.579. The van der Waals surface area contributed by atoms with Gasteiger partial charge in [-0.05, 0) is 32.3 Å². The lowest BCUT2D eigenvalue weighted by Crippen LogP contribution is -2.50. The zero-order chi connectivity index (χ0) is 20.1. The summed E-state index contributed by atoms with van der Waals surface area (Å²) in [6.07, 6.45) is 5.47. The molecule has 1 fully saturated rings. The van der Waals surface area contributed by atoms with E-state index in [0.717, 1.165) is 17.0 Å². The molecule has 0 saturated heterocycles. The smallest absolute Gasteiger partial charge is 0.226 e. The van der Waals surface area contributed by atoms with Crippen LogP contribution in [0.4, 0.5) is 0 Å². The van der Waals surface area contributed by atoms with E-state index in [0.29, 0.717) is 25.8 Å². The van der Waals surface area contributed by atoms with Gasteiger partial charge in [-0.25, -0.2) is 0 Å². The number of aryl methyl sites for hydroxylation is 1. The highest BCUT2D eigenvalue weighted by molar-refractivity contribution is 5.79. The van der Waals surface area contributed by atoms with E-state index in [4.69, 9.17) is 4.74 Å². The van der Waals surface area contributed by atoms with Crippen LogP contribution in [0.1, 0.15) is 36.2 Å². The minimum Gasteiger partial charge on any atom is -0.379 e. The monoisotopic (exact) mass is 388 g/mol. The topological polar surface area (TPSA) is 114 Å². The average Bonchev–Trinajstić information content (AvgIpc) is 3.30. The number of carbonyl (C=O) groups excluding carboxylic acids is 2. The molecule has 1 aliphatic carbocycles. The predicted molar refractivity (Wildman–Crippen MR) is 102 cm³/mol. The molecule has 0 bridgehead atoms. The third-order valence-corrected chi connectivity index (χ3v) is 5.51. The lowest BCUT2D eigenvalue weighted by Gasteiger charge is -2.35. The van der Waals surface area contributed by atoms with Crippen LogP contribution in [0.2, 0.25) is 0 Å². The van der Waals surface area contributed by atoms with Gasteiger partial charge in [-0.15, -0.1) is 0 Å². The van der Waals surface area contributed by atoms with E-state index in [1.807, 2.05) is 14.0 Å². The Morgan fingerprint density at radius 1 is 1.39 bits per heavy atom. The molecule has 3 rings (SSSR count). The number of nitrogens with zero attached hydrogens (tertiary/aromatic N) is 3. The minimum atomic E-state index is -0.185. The molecule has 0 spiro atoms. The van der Waals surface area contributed by atoms with E-state index >= 15 is 0 Å². The van der Waals surface area contributed by atoms with Gasteiger partial charge in [0.05, 0.1) is 24.8 Å². The van der Waals surface area contributed by atoms with Crippen LogP contribution >= 0.6 is 0 Å². The first-order chi connectivity index (χ1) is 13.5. The number of nitrogens with one attached hydrogen (secondary N) is 3. The first-order valence-electron chi connectivity index (χ1n) is 9.53. The van der Waals surface area contributed by atoms with Crippen molar-refractivity contribution in [2.45, 2.75) is 51.3 Å². The van der Waals surface area contributed by atoms with Crippen LogP contribution in [0.3, 0.4) is 0 Å². The Morgan fingerprint density at radius 3 is 2.86 bits per heavy atom. The van der Waals surface area contributed by atoms with E-state index in [-0.39, 0.29) is 36.3 Å². The summed E-state index contributed by atoms with van der Waals surface area (Å²) >= 11 is 0. The highest BCUT2D eigenvalue weighted by Crippen LogP contribution is 2.27. The highest BCUT2D eigenvalue weighted by atomic mass is 16.5. The van der Waals surface area contributed by atoms with Gasteiger partial charge < -0.3 is 15.4 Å². The molecule has 2 amide bonds. The molecule has 9 heteroatoms. The number of carbonyl (C=O) groups is 2. The van der Waals surface area contributed by atoms with Crippen molar-refractivity contribution in [2.75, 3.05) is 7.11 Å². The Bertz CT molecular complexity index is 801. The van der Waals surface area contributed by atoms with Crippen molar-refractivity contribution < 1.29 is 14.3 Å². The third-order valence-electron chi connectivity index (χ3n) is 5.51. The first kappa shape index (κ1) is 20.1. The number of rotatable bonds is 7. The molecule has 2 aromatic rings. The van der Waals surface area contributed by atoms with Crippen LogP contribution in [0, 0.1) is 12.8 Å². The average molecular weight is 388 g/mol. The Balaban J connectivity index is 1.49. The van der Waals surface area contributed by atoms with Crippen LogP contribution < -0.4 is 10.6 Å². The van der Waals surface area contributed by atoms with Crippen molar-refractivity contribution in [3.05, 3.63) is 35.4 Å². The second kappa shape index (κ2) is 9.01. The summed E-state index contributed by atoms with van der Waals surface area (Å²) in [4.78, 5) is 24.8. The van der Waals surface area contributed by atoms with Crippen LogP contribution in [-0.2, 0) is 34.3 Å². The van der Waals surface area contributed by atoms with Gasteiger partial charge in [0.2, 0.25) is 11.8 Å². The van der Waals surface area contributed by atoms with E-state index < -0.39 is 0 Å². The predicted octanol–water partition coefficient (Wildman–Crippen LogP) is 0.610. The van der Waals surface area contributed by atoms with E-state index in [1.165, 1.54) is 0 Å². The summed E-state index contributed by atoms with van der Waals surface area (Å²) in [7, 11) is 3.50. The van der Waals surface area contributed by atoms with Crippen molar-refractivity contribution in [3.8, 4) is 0 Å². The Hall–Kier alpha value is -2.68. The van der Waals surface area contributed by atoms with Crippen molar-refractivity contribution in [2.24, 2.45) is 13.0 Å². The number of hydrogen-bond acceptors (Lipinski definition) is 5. The van der Waals surface area contributed by atoms with Crippen molar-refractivity contribution in [3.63, 3.8) is 0 Å². The summed E-state index contributed by atoms with van der Waals surface area (Å²) in [5, 5.41) is 16.9. The normalized spacial score (nSPS) is 22.0. The molecule has 152 valence electrons. The van der Waals surface area contributed by atoms with Crippen molar-refractivity contribution >= 4 is 11.8 Å². The maximum absolute atomic E-state index is 12.6. The molecule has 0 aromatic carbocycles.